The van der Waals surface area contributed by atoms with E-state index in [4.69, 9.17) is 0 Å². The third-order valence-corrected chi connectivity index (χ3v) is 4.19. The van der Waals surface area contributed by atoms with E-state index in [1.165, 1.54) is 0 Å². The highest BCUT2D eigenvalue weighted by atomic mass is 16.3. The molecule has 3 aromatic rings. The largest absolute Gasteiger partial charge is 0.506 e. The lowest BCUT2D eigenvalue weighted by Gasteiger charge is -2.20. The molecule has 2 aromatic carbocycles. The molecule has 0 spiro atoms. The SMILES string of the molecule is CC(C)(C)c1ccc(O)c(NC(=O)Cn2ncc3ccccc3c2=O)c1. The maximum Gasteiger partial charge on any atom is 0.275 e. The van der Waals surface area contributed by atoms with Gasteiger partial charge in [0, 0.05) is 5.39 Å². The lowest BCUT2D eigenvalue weighted by atomic mass is 9.87. The summed E-state index contributed by atoms with van der Waals surface area (Å²) in [6.45, 7) is 5.90. The first-order valence-electron chi connectivity index (χ1n) is 8.34. The molecule has 0 aliphatic heterocycles. The van der Waals surface area contributed by atoms with E-state index in [0.717, 1.165) is 15.6 Å². The van der Waals surface area contributed by atoms with Crippen molar-refractivity contribution in [1.29, 1.82) is 0 Å². The Kier molecular flexibility index (Phi) is 4.50. The van der Waals surface area contributed by atoms with Crippen LogP contribution in [0.25, 0.3) is 10.8 Å². The third kappa shape index (κ3) is 3.59. The van der Waals surface area contributed by atoms with Crippen LogP contribution >= 0.6 is 0 Å². The number of aromatic nitrogens is 2. The second-order valence-corrected chi connectivity index (χ2v) is 7.22. The van der Waals surface area contributed by atoms with Gasteiger partial charge in [-0.05, 0) is 29.2 Å². The van der Waals surface area contributed by atoms with Gasteiger partial charge in [-0.2, -0.15) is 5.10 Å². The van der Waals surface area contributed by atoms with Crippen molar-refractivity contribution in [3.8, 4) is 5.75 Å². The van der Waals surface area contributed by atoms with E-state index < -0.39 is 5.91 Å². The van der Waals surface area contributed by atoms with Crippen molar-refractivity contribution in [1.82, 2.24) is 9.78 Å². The summed E-state index contributed by atoms with van der Waals surface area (Å²) in [5.41, 5.74) is 0.845. The molecule has 0 bridgehead atoms. The Morgan fingerprint density at radius 1 is 1.19 bits per heavy atom. The average molecular weight is 351 g/mol. The second kappa shape index (κ2) is 6.63. The van der Waals surface area contributed by atoms with E-state index in [9.17, 15) is 14.7 Å². The highest BCUT2D eigenvalue weighted by Gasteiger charge is 2.17. The van der Waals surface area contributed by atoms with Gasteiger partial charge in [0.05, 0.1) is 17.3 Å². The number of rotatable bonds is 3. The molecule has 3 rings (SSSR count). The van der Waals surface area contributed by atoms with Gasteiger partial charge in [-0.25, -0.2) is 4.68 Å². The summed E-state index contributed by atoms with van der Waals surface area (Å²) in [6.07, 6.45) is 1.56. The molecule has 0 saturated heterocycles. The summed E-state index contributed by atoms with van der Waals surface area (Å²) in [4.78, 5) is 24.8. The normalized spacial score (nSPS) is 11.5. The molecule has 0 radical (unpaired) electrons. The summed E-state index contributed by atoms with van der Waals surface area (Å²) in [7, 11) is 0. The van der Waals surface area contributed by atoms with Crippen molar-refractivity contribution in [3.63, 3.8) is 0 Å². The summed E-state index contributed by atoms with van der Waals surface area (Å²) < 4.78 is 1.11. The number of hydrogen-bond acceptors (Lipinski definition) is 4. The standard InChI is InChI=1S/C20H21N3O3/c1-20(2,3)14-8-9-17(24)16(10-14)22-18(25)12-23-19(26)15-7-5-4-6-13(15)11-21-23/h4-11,24H,12H2,1-3H3,(H,22,25). The number of nitrogens with one attached hydrogen (secondary N) is 1. The molecule has 1 amide bonds. The molecule has 0 aliphatic carbocycles. The predicted octanol–water partition coefficient (Wildman–Crippen LogP) is 3.04. The number of amides is 1. The average Bonchev–Trinajstić information content (AvgIpc) is 2.58. The Labute approximate surface area is 151 Å². The van der Waals surface area contributed by atoms with Crippen LogP contribution in [0.15, 0.2) is 53.5 Å². The Morgan fingerprint density at radius 3 is 2.65 bits per heavy atom. The molecule has 0 aliphatic rings. The molecule has 0 fully saturated rings. The zero-order chi connectivity index (χ0) is 18.9. The van der Waals surface area contributed by atoms with Crippen LogP contribution in [0, 0.1) is 0 Å². The van der Waals surface area contributed by atoms with Crippen LogP contribution in [-0.2, 0) is 16.8 Å². The van der Waals surface area contributed by atoms with Gasteiger partial charge in [-0.15, -0.1) is 0 Å². The van der Waals surface area contributed by atoms with Gasteiger partial charge >= 0.3 is 0 Å². The van der Waals surface area contributed by atoms with Crippen LogP contribution in [0.5, 0.6) is 5.75 Å². The number of carbonyl (C=O) groups is 1. The smallest absolute Gasteiger partial charge is 0.275 e. The maximum absolute atomic E-state index is 12.4. The quantitative estimate of drug-likeness (QED) is 0.711. The molecule has 1 heterocycles. The monoisotopic (exact) mass is 351 g/mol. The van der Waals surface area contributed by atoms with E-state index in [2.05, 4.69) is 10.4 Å². The minimum absolute atomic E-state index is 0.0230. The third-order valence-electron chi connectivity index (χ3n) is 4.19. The summed E-state index contributed by atoms with van der Waals surface area (Å²) in [5.74, 6) is -0.457. The Bertz CT molecular complexity index is 1030. The van der Waals surface area contributed by atoms with E-state index in [1.807, 2.05) is 32.9 Å². The van der Waals surface area contributed by atoms with Crippen molar-refractivity contribution in [3.05, 3.63) is 64.6 Å². The topological polar surface area (TPSA) is 84.2 Å². The van der Waals surface area contributed by atoms with Crippen molar-refractivity contribution < 1.29 is 9.90 Å². The molecular formula is C20H21N3O3. The zero-order valence-corrected chi connectivity index (χ0v) is 15.0. The molecule has 0 atom stereocenters. The van der Waals surface area contributed by atoms with Crippen molar-refractivity contribution >= 4 is 22.4 Å². The molecule has 2 N–H and O–H groups in total. The van der Waals surface area contributed by atoms with Gasteiger partial charge in [-0.3, -0.25) is 9.59 Å². The van der Waals surface area contributed by atoms with Gasteiger partial charge in [0.2, 0.25) is 5.91 Å². The number of benzene rings is 2. The minimum Gasteiger partial charge on any atom is -0.506 e. The maximum atomic E-state index is 12.4. The lowest BCUT2D eigenvalue weighted by Crippen LogP contribution is -2.29. The van der Waals surface area contributed by atoms with Crippen molar-refractivity contribution in [2.75, 3.05) is 5.32 Å². The fourth-order valence-corrected chi connectivity index (χ4v) is 2.67. The summed E-state index contributed by atoms with van der Waals surface area (Å²) in [6, 6.07) is 12.2. The fraction of sp³-hybridized carbons (Fsp3) is 0.250. The lowest BCUT2D eigenvalue weighted by molar-refractivity contribution is -0.117. The minimum atomic E-state index is -0.434. The number of aromatic hydroxyl groups is 1. The van der Waals surface area contributed by atoms with Crippen molar-refractivity contribution in [2.45, 2.75) is 32.7 Å². The van der Waals surface area contributed by atoms with E-state index in [1.54, 1.807) is 36.5 Å². The van der Waals surface area contributed by atoms with Crippen LogP contribution in [-0.4, -0.2) is 20.8 Å². The number of phenols is 1. The van der Waals surface area contributed by atoms with Gasteiger partial charge < -0.3 is 10.4 Å². The Morgan fingerprint density at radius 2 is 1.92 bits per heavy atom. The van der Waals surface area contributed by atoms with Crippen molar-refractivity contribution in [2.24, 2.45) is 0 Å². The number of anilines is 1. The molecule has 6 heteroatoms. The molecular weight excluding hydrogens is 330 g/mol. The molecule has 134 valence electrons. The van der Waals surface area contributed by atoms with Gasteiger partial charge in [-0.1, -0.05) is 45.0 Å². The highest BCUT2D eigenvalue weighted by molar-refractivity contribution is 5.92. The number of hydrogen-bond donors (Lipinski definition) is 2. The van der Waals surface area contributed by atoms with Crippen LogP contribution in [0.2, 0.25) is 0 Å². The zero-order valence-electron chi connectivity index (χ0n) is 15.0. The van der Waals surface area contributed by atoms with Crippen LogP contribution in [0.4, 0.5) is 5.69 Å². The fourth-order valence-electron chi connectivity index (χ4n) is 2.67. The Balaban J connectivity index is 1.84. The first-order valence-corrected chi connectivity index (χ1v) is 8.34. The van der Waals surface area contributed by atoms with Crippen LogP contribution in [0.3, 0.4) is 0 Å². The first kappa shape index (κ1) is 17.7. The van der Waals surface area contributed by atoms with Gasteiger partial charge in [0.1, 0.15) is 12.3 Å². The predicted molar refractivity (Wildman–Crippen MR) is 101 cm³/mol. The van der Waals surface area contributed by atoms with Gasteiger partial charge in [0.25, 0.3) is 5.56 Å². The first-order chi connectivity index (χ1) is 12.3. The summed E-state index contributed by atoms with van der Waals surface area (Å²) >= 11 is 0. The second-order valence-electron chi connectivity index (χ2n) is 7.22. The molecule has 26 heavy (non-hydrogen) atoms. The molecule has 1 aromatic heterocycles. The van der Waals surface area contributed by atoms with E-state index >= 15 is 0 Å². The van der Waals surface area contributed by atoms with Gasteiger partial charge in [0.15, 0.2) is 0 Å². The molecule has 0 unspecified atom stereocenters. The molecule has 0 saturated carbocycles. The number of fused-ring (bicyclic) bond motifs is 1. The van der Waals surface area contributed by atoms with E-state index in [0.29, 0.717) is 11.1 Å². The highest BCUT2D eigenvalue weighted by Crippen LogP contribution is 2.30. The molecule has 6 nitrogen and oxygen atoms in total. The number of phenolic OH excluding ortho intramolecular Hbond substituents is 1. The number of carbonyl (C=O) groups excluding carboxylic acids is 1. The summed E-state index contributed by atoms with van der Waals surface area (Å²) in [5, 5.41) is 18.0. The van der Waals surface area contributed by atoms with Crippen LogP contribution < -0.4 is 10.9 Å². The van der Waals surface area contributed by atoms with Crippen LogP contribution in [0.1, 0.15) is 26.3 Å². The number of nitrogens with zero attached hydrogens (tertiary/aromatic N) is 2. The Hall–Kier alpha value is -3.15. The van der Waals surface area contributed by atoms with E-state index in [-0.39, 0.29) is 23.3 Å².